The van der Waals surface area contributed by atoms with Gasteiger partial charge in [-0.25, -0.2) is 4.98 Å². The maximum absolute atomic E-state index is 6.29. The summed E-state index contributed by atoms with van der Waals surface area (Å²) < 4.78 is 1.92. The molecule has 0 saturated carbocycles. The molecule has 2 aromatic rings. The summed E-state index contributed by atoms with van der Waals surface area (Å²) in [5, 5.41) is 8.46. The van der Waals surface area contributed by atoms with Crippen LogP contribution in [-0.2, 0) is 13.0 Å². The highest BCUT2D eigenvalue weighted by Crippen LogP contribution is 2.25. The zero-order chi connectivity index (χ0) is 13.7. The first-order valence-corrected chi connectivity index (χ1v) is 6.98. The topological polar surface area (TPSA) is 42.7 Å². The van der Waals surface area contributed by atoms with Crippen LogP contribution in [0.15, 0.2) is 30.6 Å². The van der Waals surface area contributed by atoms with Gasteiger partial charge in [-0.3, -0.25) is 4.68 Å². The van der Waals surface area contributed by atoms with Crippen molar-refractivity contribution in [1.82, 2.24) is 20.1 Å². The molecule has 102 valence electrons. The highest BCUT2D eigenvalue weighted by Gasteiger charge is 2.16. The molecule has 19 heavy (non-hydrogen) atoms. The lowest BCUT2D eigenvalue weighted by molar-refractivity contribution is 0.510. The molecule has 0 fully saturated rings. The average Bonchev–Trinajstić information content (AvgIpc) is 2.86. The van der Waals surface area contributed by atoms with Gasteiger partial charge in [-0.1, -0.05) is 36.7 Å². The molecule has 0 radical (unpaired) electrons. The third-order valence-corrected chi connectivity index (χ3v) is 3.46. The third-order valence-electron chi connectivity index (χ3n) is 3.11. The number of halogens is 1. The Morgan fingerprint density at radius 3 is 2.79 bits per heavy atom. The van der Waals surface area contributed by atoms with Gasteiger partial charge in [-0.05, 0) is 25.1 Å². The van der Waals surface area contributed by atoms with Gasteiger partial charge in [0.15, 0.2) is 0 Å². The average molecular weight is 279 g/mol. The van der Waals surface area contributed by atoms with Crippen molar-refractivity contribution in [2.75, 3.05) is 6.54 Å². The Kier molecular flexibility index (Phi) is 4.93. The lowest BCUT2D eigenvalue weighted by Gasteiger charge is -2.19. The number of rotatable bonds is 6. The second-order valence-corrected chi connectivity index (χ2v) is 4.74. The molecule has 0 spiro atoms. The van der Waals surface area contributed by atoms with Gasteiger partial charge in [-0.2, -0.15) is 5.10 Å². The summed E-state index contributed by atoms with van der Waals surface area (Å²) in [6.45, 7) is 5.87. The zero-order valence-corrected chi connectivity index (χ0v) is 12.1. The van der Waals surface area contributed by atoms with Crippen molar-refractivity contribution in [2.45, 2.75) is 32.9 Å². The maximum atomic E-state index is 6.29. The second kappa shape index (κ2) is 6.68. The molecule has 5 heteroatoms. The minimum atomic E-state index is 0.160. The van der Waals surface area contributed by atoms with Crippen LogP contribution in [0.3, 0.4) is 0 Å². The standard InChI is InChI=1S/C14H19ClN4/c1-3-16-13(11-7-5-6-8-12(11)15)9-14-17-10-18-19(14)4-2/h5-8,10,13,16H,3-4,9H2,1-2H3. The number of nitrogens with one attached hydrogen (secondary N) is 1. The molecule has 0 bridgehead atoms. The van der Waals surface area contributed by atoms with E-state index in [4.69, 9.17) is 11.6 Å². The summed E-state index contributed by atoms with van der Waals surface area (Å²) in [6, 6.07) is 8.10. The van der Waals surface area contributed by atoms with E-state index in [1.54, 1.807) is 6.33 Å². The SMILES string of the molecule is CCNC(Cc1ncnn1CC)c1ccccc1Cl. The Hall–Kier alpha value is -1.39. The first-order chi connectivity index (χ1) is 9.26. The molecule has 1 N–H and O–H groups in total. The van der Waals surface area contributed by atoms with E-state index in [-0.39, 0.29) is 6.04 Å². The summed E-state index contributed by atoms with van der Waals surface area (Å²) in [6.07, 6.45) is 2.39. The van der Waals surface area contributed by atoms with Crippen LogP contribution < -0.4 is 5.32 Å². The zero-order valence-electron chi connectivity index (χ0n) is 11.3. The Morgan fingerprint density at radius 2 is 2.11 bits per heavy atom. The van der Waals surface area contributed by atoms with E-state index in [1.807, 2.05) is 22.9 Å². The Morgan fingerprint density at radius 1 is 1.32 bits per heavy atom. The predicted molar refractivity (Wildman–Crippen MR) is 77.3 cm³/mol. The van der Waals surface area contributed by atoms with Crippen LogP contribution in [0.5, 0.6) is 0 Å². The minimum Gasteiger partial charge on any atom is -0.310 e. The van der Waals surface area contributed by atoms with Crippen molar-refractivity contribution in [3.63, 3.8) is 0 Å². The lowest BCUT2D eigenvalue weighted by Crippen LogP contribution is -2.24. The van der Waals surface area contributed by atoms with Crippen LogP contribution in [-0.4, -0.2) is 21.3 Å². The summed E-state index contributed by atoms with van der Waals surface area (Å²) in [4.78, 5) is 4.33. The highest BCUT2D eigenvalue weighted by atomic mass is 35.5. The van der Waals surface area contributed by atoms with Gasteiger partial charge in [0.2, 0.25) is 0 Å². The number of aryl methyl sites for hydroxylation is 1. The number of likely N-dealkylation sites (N-methyl/N-ethyl adjacent to an activating group) is 1. The molecule has 0 amide bonds. The van der Waals surface area contributed by atoms with Crippen LogP contribution in [0.25, 0.3) is 0 Å². The van der Waals surface area contributed by atoms with E-state index < -0.39 is 0 Å². The summed E-state index contributed by atoms with van der Waals surface area (Å²) in [5.41, 5.74) is 1.11. The van der Waals surface area contributed by atoms with E-state index >= 15 is 0 Å². The fourth-order valence-electron chi connectivity index (χ4n) is 2.19. The fraction of sp³-hybridized carbons (Fsp3) is 0.429. The molecule has 2 rings (SSSR count). The van der Waals surface area contributed by atoms with Gasteiger partial charge in [0.05, 0.1) is 0 Å². The predicted octanol–water partition coefficient (Wildman–Crippen LogP) is 2.84. The number of benzene rings is 1. The summed E-state index contributed by atoms with van der Waals surface area (Å²) in [7, 11) is 0. The minimum absolute atomic E-state index is 0.160. The lowest BCUT2D eigenvalue weighted by atomic mass is 10.0. The highest BCUT2D eigenvalue weighted by molar-refractivity contribution is 6.31. The van der Waals surface area contributed by atoms with E-state index in [0.717, 1.165) is 35.9 Å². The van der Waals surface area contributed by atoms with Gasteiger partial charge in [0.1, 0.15) is 12.2 Å². The van der Waals surface area contributed by atoms with Gasteiger partial charge >= 0.3 is 0 Å². The van der Waals surface area contributed by atoms with E-state index in [0.29, 0.717) is 0 Å². The largest absolute Gasteiger partial charge is 0.310 e. The van der Waals surface area contributed by atoms with Crippen molar-refractivity contribution in [3.05, 3.63) is 47.0 Å². The molecular formula is C14H19ClN4. The first-order valence-electron chi connectivity index (χ1n) is 6.60. The molecule has 1 aromatic heterocycles. The second-order valence-electron chi connectivity index (χ2n) is 4.33. The van der Waals surface area contributed by atoms with Crippen molar-refractivity contribution >= 4 is 11.6 Å². The number of nitrogens with zero attached hydrogens (tertiary/aromatic N) is 3. The fourth-order valence-corrected chi connectivity index (χ4v) is 2.46. The van der Waals surface area contributed by atoms with Crippen LogP contribution in [0, 0.1) is 0 Å². The Bertz CT molecular complexity index is 524. The quantitative estimate of drug-likeness (QED) is 0.884. The third kappa shape index (κ3) is 3.33. The van der Waals surface area contributed by atoms with Crippen LogP contribution >= 0.6 is 11.6 Å². The van der Waals surface area contributed by atoms with Crippen molar-refractivity contribution in [2.24, 2.45) is 0 Å². The monoisotopic (exact) mass is 278 g/mol. The molecule has 0 aliphatic heterocycles. The van der Waals surface area contributed by atoms with Crippen molar-refractivity contribution in [1.29, 1.82) is 0 Å². The first kappa shape index (κ1) is 14.0. The summed E-state index contributed by atoms with van der Waals surface area (Å²) >= 11 is 6.29. The number of aromatic nitrogens is 3. The van der Waals surface area contributed by atoms with Crippen LogP contribution in [0.1, 0.15) is 31.3 Å². The Labute approximate surface area is 118 Å². The van der Waals surface area contributed by atoms with E-state index in [2.05, 4.69) is 35.3 Å². The maximum Gasteiger partial charge on any atom is 0.138 e. The van der Waals surface area contributed by atoms with E-state index in [1.165, 1.54) is 0 Å². The molecule has 1 heterocycles. The molecule has 0 aliphatic carbocycles. The molecule has 1 atom stereocenters. The Balaban J connectivity index is 2.24. The molecule has 4 nitrogen and oxygen atoms in total. The van der Waals surface area contributed by atoms with Crippen LogP contribution in [0.4, 0.5) is 0 Å². The molecular weight excluding hydrogens is 260 g/mol. The molecule has 0 aliphatic rings. The van der Waals surface area contributed by atoms with Gasteiger partial charge in [-0.15, -0.1) is 0 Å². The number of hydrogen-bond acceptors (Lipinski definition) is 3. The van der Waals surface area contributed by atoms with Crippen LogP contribution in [0.2, 0.25) is 5.02 Å². The van der Waals surface area contributed by atoms with E-state index in [9.17, 15) is 0 Å². The van der Waals surface area contributed by atoms with Crippen molar-refractivity contribution < 1.29 is 0 Å². The van der Waals surface area contributed by atoms with Gasteiger partial charge in [0.25, 0.3) is 0 Å². The van der Waals surface area contributed by atoms with Gasteiger partial charge < -0.3 is 5.32 Å². The summed E-state index contributed by atoms with van der Waals surface area (Å²) in [5.74, 6) is 0.980. The van der Waals surface area contributed by atoms with Crippen molar-refractivity contribution in [3.8, 4) is 0 Å². The smallest absolute Gasteiger partial charge is 0.138 e. The normalized spacial score (nSPS) is 12.6. The van der Waals surface area contributed by atoms with Gasteiger partial charge in [0, 0.05) is 24.0 Å². The molecule has 0 saturated heterocycles. The molecule has 1 unspecified atom stereocenters. The number of hydrogen-bond donors (Lipinski definition) is 1. The molecule has 1 aromatic carbocycles.